The van der Waals surface area contributed by atoms with Gasteiger partial charge in [-0.2, -0.15) is 5.26 Å². The molecule has 0 unspecified atom stereocenters. The van der Waals surface area contributed by atoms with Crippen molar-refractivity contribution in [2.45, 2.75) is 0 Å². The van der Waals surface area contributed by atoms with Crippen molar-refractivity contribution in [1.29, 1.82) is 5.26 Å². The highest BCUT2D eigenvalue weighted by Crippen LogP contribution is 2.08. The Kier molecular flexibility index (Phi) is 2.71. The largest absolute Gasteiger partial charge is 0.281 e. The summed E-state index contributed by atoms with van der Waals surface area (Å²) in [6.45, 7) is 0. The zero-order valence-electron chi connectivity index (χ0n) is 8.09. The van der Waals surface area contributed by atoms with Crippen molar-refractivity contribution in [3.05, 3.63) is 57.7 Å². The van der Waals surface area contributed by atoms with Gasteiger partial charge >= 0.3 is 0 Å². The van der Waals surface area contributed by atoms with E-state index in [0.717, 1.165) is 0 Å². The van der Waals surface area contributed by atoms with Crippen LogP contribution < -0.4 is 5.56 Å². The topological polar surface area (TPSA) is 58.7 Å². The van der Waals surface area contributed by atoms with Crippen LogP contribution in [-0.2, 0) is 0 Å². The molecular weight excluding hydrogens is 226 g/mol. The number of aromatic nitrogens is 2. The summed E-state index contributed by atoms with van der Waals surface area (Å²) in [5.41, 5.74) is 0.768. The van der Waals surface area contributed by atoms with Crippen molar-refractivity contribution in [2.75, 3.05) is 0 Å². The Morgan fingerprint density at radius 1 is 1.31 bits per heavy atom. The van der Waals surface area contributed by atoms with Crippen LogP contribution in [0.3, 0.4) is 0 Å². The summed E-state index contributed by atoms with van der Waals surface area (Å²) in [5.74, 6) is 0. The van der Waals surface area contributed by atoms with Gasteiger partial charge in [0.2, 0.25) is 0 Å². The first-order valence-electron chi connectivity index (χ1n) is 4.45. The Morgan fingerprint density at radius 3 is 2.75 bits per heavy atom. The number of nitrogens with zero attached hydrogens (tertiary/aromatic N) is 3. The molecule has 5 heteroatoms. The molecule has 0 spiro atoms. The number of pyridine rings is 2. The average molecular weight is 232 g/mol. The Morgan fingerprint density at radius 2 is 2.12 bits per heavy atom. The molecule has 0 amide bonds. The van der Waals surface area contributed by atoms with E-state index in [-0.39, 0.29) is 5.56 Å². The van der Waals surface area contributed by atoms with Gasteiger partial charge in [-0.05, 0) is 18.2 Å². The summed E-state index contributed by atoms with van der Waals surface area (Å²) in [4.78, 5) is 15.4. The molecule has 78 valence electrons. The van der Waals surface area contributed by atoms with Gasteiger partial charge < -0.3 is 0 Å². The molecule has 2 aromatic heterocycles. The van der Waals surface area contributed by atoms with Crippen LogP contribution in [0, 0.1) is 11.3 Å². The monoisotopic (exact) mass is 231 g/mol. The number of rotatable bonds is 1. The molecule has 2 aromatic rings. The zero-order valence-corrected chi connectivity index (χ0v) is 8.85. The van der Waals surface area contributed by atoms with Gasteiger partial charge in [-0.3, -0.25) is 9.36 Å². The van der Waals surface area contributed by atoms with Gasteiger partial charge in [0.15, 0.2) is 0 Å². The lowest BCUT2D eigenvalue weighted by Gasteiger charge is -2.04. The maximum absolute atomic E-state index is 11.6. The molecular formula is C11H6ClN3O. The lowest BCUT2D eigenvalue weighted by atomic mass is 10.3. The lowest BCUT2D eigenvalue weighted by molar-refractivity contribution is 0.973. The van der Waals surface area contributed by atoms with E-state index >= 15 is 0 Å². The summed E-state index contributed by atoms with van der Waals surface area (Å²) in [7, 11) is 0. The predicted molar refractivity (Wildman–Crippen MR) is 59.6 cm³/mol. The molecule has 0 atom stereocenters. The van der Waals surface area contributed by atoms with E-state index < -0.39 is 0 Å². The molecule has 4 nitrogen and oxygen atoms in total. The van der Waals surface area contributed by atoms with E-state index in [1.807, 2.05) is 6.07 Å². The molecule has 2 rings (SSSR count). The molecule has 0 fully saturated rings. The normalized spacial score (nSPS) is 9.75. The summed E-state index contributed by atoms with van der Waals surface area (Å²) < 4.78 is 1.35. The number of nitriles is 1. The van der Waals surface area contributed by atoms with Crippen molar-refractivity contribution < 1.29 is 0 Å². The van der Waals surface area contributed by atoms with Crippen molar-refractivity contribution >= 4 is 11.6 Å². The van der Waals surface area contributed by atoms with Crippen LogP contribution in [0.25, 0.3) is 5.69 Å². The number of hydrogen-bond donors (Lipinski definition) is 0. The Labute approximate surface area is 96.4 Å². The SMILES string of the molecule is N#Cc1ccc(=O)n(-c2ccc(Cl)nc2)c1. The van der Waals surface area contributed by atoms with Crippen LogP contribution in [0.1, 0.15) is 5.56 Å². The highest BCUT2D eigenvalue weighted by molar-refractivity contribution is 6.29. The van der Waals surface area contributed by atoms with Crippen LogP contribution in [0.2, 0.25) is 5.15 Å². The second-order valence-electron chi connectivity index (χ2n) is 3.08. The third kappa shape index (κ3) is 1.95. The molecule has 2 heterocycles. The van der Waals surface area contributed by atoms with E-state index in [1.165, 1.54) is 29.1 Å². The minimum Gasteiger partial charge on any atom is -0.281 e. The summed E-state index contributed by atoms with van der Waals surface area (Å²) >= 11 is 5.65. The van der Waals surface area contributed by atoms with Crippen molar-refractivity contribution in [3.63, 3.8) is 0 Å². The van der Waals surface area contributed by atoms with Gasteiger partial charge in [-0.25, -0.2) is 4.98 Å². The third-order valence-electron chi connectivity index (χ3n) is 2.03. The second kappa shape index (κ2) is 4.17. The minimum atomic E-state index is -0.219. The average Bonchev–Trinajstić information content (AvgIpc) is 2.31. The fourth-order valence-electron chi connectivity index (χ4n) is 1.27. The first-order valence-corrected chi connectivity index (χ1v) is 4.83. The molecule has 16 heavy (non-hydrogen) atoms. The minimum absolute atomic E-state index is 0.219. The van der Waals surface area contributed by atoms with E-state index in [0.29, 0.717) is 16.4 Å². The standard InChI is InChI=1S/C11H6ClN3O/c12-10-3-2-9(6-14-10)15-7-8(5-13)1-4-11(15)16/h1-4,6-7H. The van der Waals surface area contributed by atoms with Crippen LogP contribution in [0.15, 0.2) is 41.5 Å². The van der Waals surface area contributed by atoms with Crippen LogP contribution in [-0.4, -0.2) is 9.55 Å². The molecule has 0 bridgehead atoms. The van der Waals surface area contributed by atoms with E-state index in [4.69, 9.17) is 16.9 Å². The fourth-order valence-corrected chi connectivity index (χ4v) is 1.38. The molecule has 0 radical (unpaired) electrons. The fraction of sp³-hybridized carbons (Fsp3) is 0. The quantitative estimate of drug-likeness (QED) is 0.703. The summed E-state index contributed by atoms with van der Waals surface area (Å²) in [5, 5.41) is 9.10. The number of hydrogen-bond acceptors (Lipinski definition) is 3. The molecule has 0 aliphatic carbocycles. The van der Waals surface area contributed by atoms with E-state index in [9.17, 15) is 4.79 Å². The molecule has 0 aliphatic rings. The Hall–Kier alpha value is -2.12. The third-order valence-corrected chi connectivity index (χ3v) is 2.25. The highest BCUT2D eigenvalue weighted by Gasteiger charge is 2.01. The maximum atomic E-state index is 11.6. The zero-order chi connectivity index (χ0) is 11.5. The first kappa shape index (κ1) is 10.4. The lowest BCUT2D eigenvalue weighted by Crippen LogP contribution is -2.16. The van der Waals surface area contributed by atoms with Crippen LogP contribution in [0.4, 0.5) is 0 Å². The van der Waals surface area contributed by atoms with Gasteiger partial charge in [0.05, 0.1) is 17.4 Å². The number of halogens is 1. The summed E-state index contributed by atoms with van der Waals surface area (Å²) in [6.07, 6.45) is 2.94. The van der Waals surface area contributed by atoms with Gasteiger partial charge in [-0.15, -0.1) is 0 Å². The van der Waals surface area contributed by atoms with Gasteiger partial charge in [0.25, 0.3) is 5.56 Å². The van der Waals surface area contributed by atoms with E-state index in [1.54, 1.807) is 12.1 Å². The van der Waals surface area contributed by atoms with Gasteiger partial charge in [-0.1, -0.05) is 11.6 Å². The van der Waals surface area contributed by atoms with Gasteiger partial charge in [0.1, 0.15) is 11.2 Å². The first-order chi connectivity index (χ1) is 7.70. The molecule has 0 N–H and O–H groups in total. The Balaban J connectivity index is 2.60. The molecule has 0 saturated carbocycles. The van der Waals surface area contributed by atoms with Crippen molar-refractivity contribution in [2.24, 2.45) is 0 Å². The Bertz CT molecular complexity index is 610. The van der Waals surface area contributed by atoms with Crippen LogP contribution in [0.5, 0.6) is 0 Å². The van der Waals surface area contributed by atoms with Gasteiger partial charge in [0, 0.05) is 12.3 Å². The maximum Gasteiger partial charge on any atom is 0.255 e. The molecule has 0 aromatic carbocycles. The molecule has 0 saturated heterocycles. The van der Waals surface area contributed by atoms with Crippen molar-refractivity contribution in [1.82, 2.24) is 9.55 Å². The highest BCUT2D eigenvalue weighted by atomic mass is 35.5. The van der Waals surface area contributed by atoms with Crippen molar-refractivity contribution in [3.8, 4) is 11.8 Å². The van der Waals surface area contributed by atoms with E-state index in [2.05, 4.69) is 4.98 Å². The predicted octanol–water partition coefficient (Wildman–Crippen LogP) is 1.76. The summed E-state index contributed by atoms with van der Waals surface area (Å²) in [6, 6.07) is 8.03. The second-order valence-corrected chi connectivity index (χ2v) is 3.46. The van der Waals surface area contributed by atoms with Crippen LogP contribution >= 0.6 is 11.6 Å². The smallest absolute Gasteiger partial charge is 0.255 e. The molecule has 0 aliphatic heterocycles.